The molecular formula is C14H21N5. The van der Waals surface area contributed by atoms with E-state index in [0.717, 1.165) is 37.0 Å². The van der Waals surface area contributed by atoms with Gasteiger partial charge >= 0.3 is 0 Å². The average molecular weight is 259 g/mol. The molecule has 102 valence electrons. The van der Waals surface area contributed by atoms with E-state index >= 15 is 0 Å². The van der Waals surface area contributed by atoms with Gasteiger partial charge in [0.1, 0.15) is 11.6 Å². The van der Waals surface area contributed by atoms with Crippen LogP contribution in [0.1, 0.15) is 18.4 Å². The number of aromatic nitrogens is 3. The Labute approximate surface area is 114 Å². The number of imidazole rings is 1. The van der Waals surface area contributed by atoms with E-state index in [1.807, 2.05) is 49.3 Å². The molecule has 2 aromatic rings. The number of aryl methyl sites for hydroxylation is 1. The lowest BCUT2D eigenvalue weighted by Gasteiger charge is -2.18. The normalized spacial score (nSPS) is 10.7. The molecule has 0 aliphatic carbocycles. The SMILES string of the molecule is CCNCc1cccc(N(C)Cc2nccn2C)n1. The predicted molar refractivity (Wildman–Crippen MR) is 76.9 cm³/mol. The first-order valence-corrected chi connectivity index (χ1v) is 6.54. The summed E-state index contributed by atoms with van der Waals surface area (Å²) in [6.45, 7) is 4.60. The van der Waals surface area contributed by atoms with Crippen LogP contribution in [0.2, 0.25) is 0 Å². The summed E-state index contributed by atoms with van der Waals surface area (Å²) in [4.78, 5) is 11.1. The number of nitrogens with zero attached hydrogens (tertiary/aromatic N) is 4. The molecule has 5 heteroatoms. The van der Waals surface area contributed by atoms with Crippen molar-refractivity contribution in [1.29, 1.82) is 0 Å². The lowest BCUT2D eigenvalue weighted by molar-refractivity contribution is 0.705. The van der Waals surface area contributed by atoms with E-state index in [-0.39, 0.29) is 0 Å². The van der Waals surface area contributed by atoms with Crippen molar-refractivity contribution in [2.75, 3.05) is 18.5 Å². The molecule has 0 saturated heterocycles. The number of hydrogen-bond acceptors (Lipinski definition) is 4. The van der Waals surface area contributed by atoms with Crippen molar-refractivity contribution in [2.24, 2.45) is 7.05 Å². The summed E-state index contributed by atoms with van der Waals surface area (Å²) < 4.78 is 2.03. The molecule has 1 N–H and O–H groups in total. The second-order valence-electron chi connectivity index (χ2n) is 4.58. The largest absolute Gasteiger partial charge is 0.352 e. The van der Waals surface area contributed by atoms with Crippen LogP contribution in [0.4, 0.5) is 5.82 Å². The first kappa shape index (κ1) is 13.5. The van der Waals surface area contributed by atoms with Crippen LogP contribution in [0, 0.1) is 0 Å². The number of rotatable bonds is 6. The molecular weight excluding hydrogens is 238 g/mol. The highest BCUT2D eigenvalue weighted by atomic mass is 15.2. The standard InChI is InChI=1S/C14H21N5/c1-4-15-10-12-6-5-7-13(17-12)19(3)11-14-16-8-9-18(14)2/h5-9,15H,4,10-11H2,1-3H3. The molecule has 0 bridgehead atoms. The summed E-state index contributed by atoms with van der Waals surface area (Å²) in [5, 5.41) is 3.29. The third kappa shape index (κ3) is 3.54. The Hall–Kier alpha value is -1.88. The van der Waals surface area contributed by atoms with Crippen molar-refractivity contribution in [3.63, 3.8) is 0 Å². The Morgan fingerprint density at radius 2 is 2.21 bits per heavy atom. The van der Waals surface area contributed by atoms with Gasteiger partial charge in [-0.05, 0) is 18.7 Å². The van der Waals surface area contributed by atoms with Crippen molar-refractivity contribution in [1.82, 2.24) is 19.9 Å². The van der Waals surface area contributed by atoms with Gasteiger partial charge in [-0.1, -0.05) is 13.0 Å². The van der Waals surface area contributed by atoms with Crippen LogP contribution in [-0.2, 0) is 20.1 Å². The van der Waals surface area contributed by atoms with Crippen molar-refractivity contribution in [3.05, 3.63) is 42.1 Å². The molecule has 0 aliphatic heterocycles. The van der Waals surface area contributed by atoms with Gasteiger partial charge in [0.05, 0.1) is 12.2 Å². The van der Waals surface area contributed by atoms with Crippen molar-refractivity contribution in [2.45, 2.75) is 20.0 Å². The predicted octanol–water partition coefficient (Wildman–Crippen LogP) is 1.56. The molecule has 5 nitrogen and oxygen atoms in total. The minimum atomic E-state index is 0.751. The smallest absolute Gasteiger partial charge is 0.129 e. The molecule has 2 rings (SSSR count). The zero-order valence-electron chi connectivity index (χ0n) is 11.8. The van der Waals surface area contributed by atoms with Crippen LogP contribution < -0.4 is 10.2 Å². The molecule has 0 amide bonds. The molecule has 0 saturated carbocycles. The quantitative estimate of drug-likeness (QED) is 0.855. The monoisotopic (exact) mass is 259 g/mol. The zero-order chi connectivity index (χ0) is 13.7. The molecule has 2 heterocycles. The Morgan fingerprint density at radius 3 is 2.89 bits per heavy atom. The summed E-state index contributed by atoms with van der Waals surface area (Å²) in [6.07, 6.45) is 3.77. The van der Waals surface area contributed by atoms with E-state index in [9.17, 15) is 0 Å². The van der Waals surface area contributed by atoms with E-state index in [4.69, 9.17) is 0 Å². The molecule has 0 atom stereocenters. The fraction of sp³-hybridized carbons (Fsp3) is 0.429. The van der Waals surface area contributed by atoms with E-state index in [2.05, 4.69) is 27.1 Å². The van der Waals surface area contributed by atoms with Crippen molar-refractivity contribution >= 4 is 5.82 Å². The maximum Gasteiger partial charge on any atom is 0.129 e. The highest BCUT2D eigenvalue weighted by Gasteiger charge is 2.07. The third-order valence-corrected chi connectivity index (χ3v) is 3.04. The summed E-state index contributed by atoms with van der Waals surface area (Å²) in [5.41, 5.74) is 1.06. The van der Waals surface area contributed by atoms with Crippen LogP contribution in [0.25, 0.3) is 0 Å². The van der Waals surface area contributed by atoms with E-state index < -0.39 is 0 Å². The van der Waals surface area contributed by atoms with Gasteiger partial charge in [-0.2, -0.15) is 0 Å². The number of pyridine rings is 1. The van der Waals surface area contributed by atoms with Gasteiger partial charge in [0.2, 0.25) is 0 Å². The molecule has 0 aliphatic rings. The molecule has 0 unspecified atom stereocenters. The molecule has 0 fully saturated rings. The van der Waals surface area contributed by atoms with Gasteiger partial charge in [-0.3, -0.25) is 0 Å². The molecule has 19 heavy (non-hydrogen) atoms. The Kier molecular flexibility index (Phi) is 4.52. The zero-order valence-corrected chi connectivity index (χ0v) is 11.8. The van der Waals surface area contributed by atoms with Gasteiger partial charge in [0, 0.05) is 33.0 Å². The van der Waals surface area contributed by atoms with E-state index in [1.165, 1.54) is 0 Å². The summed E-state index contributed by atoms with van der Waals surface area (Å²) in [5.74, 6) is 2.00. The van der Waals surface area contributed by atoms with Crippen LogP contribution in [0.15, 0.2) is 30.6 Å². The summed E-state index contributed by atoms with van der Waals surface area (Å²) >= 11 is 0. The minimum absolute atomic E-state index is 0.751. The van der Waals surface area contributed by atoms with Crippen LogP contribution >= 0.6 is 0 Å². The first-order chi connectivity index (χ1) is 9.20. The van der Waals surface area contributed by atoms with Crippen LogP contribution in [-0.4, -0.2) is 28.1 Å². The number of nitrogens with one attached hydrogen (secondary N) is 1. The molecule has 2 aromatic heterocycles. The number of anilines is 1. The Bertz CT molecular complexity index is 520. The van der Waals surface area contributed by atoms with Crippen LogP contribution in [0.5, 0.6) is 0 Å². The van der Waals surface area contributed by atoms with Gasteiger partial charge in [-0.25, -0.2) is 9.97 Å². The Balaban J connectivity index is 2.06. The number of hydrogen-bond donors (Lipinski definition) is 1. The second kappa shape index (κ2) is 6.33. The first-order valence-electron chi connectivity index (χ1n) is 6.54. The summed E-state index contributed by atoms with van der Waals surface area (Å²) in [6, 6.07) is 6.11. The second-order valence-corrected chi connectivity index (χ2v) is 4.58. The average Bonchev–Trinajstić information content (AvgIpc) is 2.82. The van der Waals surface area contributed by atoms with Gasteiger partial charge < -0.3 is 14.8 Å². The van der Waals surface area contributed by atoms with Crippen molar-refractivity contribution in [3.8, 4) is 0 Å². The van der Waals surface area contributed by atoms with Gasteiger partial charge in [0.25, 0.3) is 0 Å². The lowest BCUT2D eigenvalue weighted by Crippen LogP contribution is -2.21. The maximum absolute atomic E-state index is 4.65. The topological polar surface area (TPSA) is 46.0 Å². The lowest BCUT2D eigenvalue weighted by atomic mass is 10.3. The van der Waals surface area contributed by atoms with Gasteiger partial charge in [0.15, 0.2) is 0 Å². The molecule has 0 spiro atoms. The van der Waals surface area contributed by atoms with Crippen molar-refractivity contribution < 1.29 is 0 Å². The Morgan fingerprint density at radius 1 is 1.37 bits per heavy atom. The van der Waals surface area contributed by atoms with Gasteiger partial charge in [-0.15, -0.1) is 0 Å². The van der Waals surface area contributed by atoms with Crippen LogP contribution in [0.3, 0.4) is 0 Å². The third-order valence-electron chi connectivity index (χ3n) is 3.04. The van der Waals surface area contributed by atoms with E-state index in [0.29, 0.717) is 0 Å². The fourth-order valence-corrected chi connectivity index (χ4v) is 1.87. The fourth-order valence-electron chi connectivity index (χ4n) is 1.87. The highest BCUT2D eigenvalue weighted by Crippen LogP contribution is 2.12. The van der Waals surface area contributed by atoms with E-state index in [1.54, 1.807) is 0 Å². The highest BCUT2D eigenvalue weighted by molar-refractivity contribution is 5.38. The molecule has 0 radical (unpaired) electrons. The molecule has 0 aromatic carbocycles. The summed E-state index contributed by atoms with van der Waals surface area (Å²) in [7, 11) is 4.04. The maximum atomic E-state index is 4.65. The minimum Gasteiger partial charge on any atom is -0.352 e.